The van der Waals surface area contributed by atoms with Gasteiger partial charge in [0.15, 0.2) is 0 Å². The summed E-state index contributed by atoms with van der Waals surface area (Å²) in [4.78, 5) is 13.3. The number of rotatable bonds is 8. The van der Waals surface area contributed by atoms with E-state index in [0.29, 0.717) is 5.13 Å². The van der Waals surface area contributed by atoms with E-state index in [2.05, 4.69) is 64.0 Å². The van der Waals surface area contributed by atoms with Gasteiger partial charge >= 0.3 is 0 Å². The molecule has 3 aromatic carbocycles. The lowest BCUT2D eigenvalue weighted by molar-refractivity contribution is -0.124. The van der Waals surface area contributed by atoms with Crippen LogP contribution in [-0.2, 0) is 4.79 Å². The summed E-state index contributed by atoms with van der Waals surface area (Å²) in [6, 6.07) is 26.8. The second-order valence-corrected chi connectivity index (χ2v) is 9.91. The number of hydrogen-bond acceptors (Lipinski definition) is 5. The number of nitrogens with one attached hydrogen (secondary N) is 1. The SMILES string of the molecule is CC(C)Oc1ccc(-c2ccc(C(c3ccccc3)C(C)(C)C(=O)Nc3nncs3)cc2)cc1. The van der Waals surface area contributed by atoms with E-state index >= 15 is 0 Å². The molecule has 0 saturated heterocycles. The van der Waals surface area contributed by atoms with Crippen LogP contribution in [-0.4, -0.2) is 22.2 Å². The maximum absolute atomic E-state index is 13.3. The predicted octanol–water partition coefficient (Wildman–Crippen LogP) is 6.79. The fraction of sp³-hybridized carbons (Fsp3) is 0.250. The van der Waals surface area contributed by atoms with Gasteiger partial charge in [-0.05, 0) is 48.2 Å². The Morgan fingerprint density at radius 3 is 2.03 bits per heavy atom. The minimum absolute atomic E-state index is 0.0945. The summed E-state index contributed by atoms with van der Waals surface area (Å²) in [6.45, 7) is 7.99. The van der Waals surface area contributed by atoms with Crippen LogP contribution in [0.25, 0.3) is 11.1 Å². The number of aromatic nitrogens is 2. The van der Waals surface area contributed by atoms with E-state index in [0.717, 1.165) is 28.0 Å². The average molecular weight is 472 g/mol. The third-order valence-electron chi connectivity index (χ3n) is 5.82. The van der Waals surface area contributed by atoms with Crippen LogP contribution in [0.1, 0.15) is 44.7 Å². The van der Waals surface area contributed by atoms with Crippen LogP contribution in [0.3, 0.4) is 0 Å². The zero-order valence-corrected chi connectivity index (χ0v) is 20.7. The molecule has 0 aliphatic heterocycles. The first-order valence-electron chi connectivity index (χ1n) is 11.3. The van der Waals surface area contributed by atoms with Gasteiger partial charge in [-0.3, -0.25) is 4.79 Å². The van der Waals surface area contributed by atoms with Crippen molar-refractivity contribution in [1.82, 2.24) is 10.2 Å². The Kier molecular flexibility index (Phi) is 7.08. The fourth-order valence-electron chi connectivity index (χ4n) is 4.15. The van der Waals surface area contributed by atoms with Gasteiger partial charge in [-0.25, -0.2) is 0 Å². The Morgan fingerprint density at radius 1 is 0.882 bits per heavy atom. The molecule has 34 heavy (non-hydrogen) atoms. The summed E-state index contributed by atoms with van der Waals surface area (Å²) in [7, 11) is 0. The first kappa shape index (κ1) is 23.6. The maximum Gasteiger partial charge on any atom is 0.232 e. The molecule has 0 radical (unpaired) electrons. The molecule has 5 nitrogen and oxygen atoms in total. The van der Waals surface area contributed by atoms with Crippen molar-refractivity contribution >= 4 is 22.4 Å². The van der Waals surface area contributed by atoms with Crippen molar-refractivity contribution in [3.8, 4) is 16.9 Å². The molecule has 1 unspecified atom stereocenters. The first-order valence-corrected chi connectivity index (χ1v) is 12.2. The van der Waals surface area contributed by atoms with Crippen molar-refractivity contribution in [2.45, 2.75) is 39.7 Å². The van der Waals surface area contributed by atoms with Crippen LogP contribution in [0.2, 0.25) is 0 Å². The molecule has 0 spiro atoms. The van der Waals surface area contributed by atoms with Crippen molar-refractivity contribution in [3.05, 3.63) is 95.5 Å². The number of carbonyl (C=O) groups excluding carboxylic acids is 1. The molecule has 1 N–H and O–H groups in total. The topological polar surface area (TPSA) is 64.1 Å². The van der Waals surface area contributed by atoms with Gasteiger partial charge in [0.05, 0.1) is 11.5 Å². The molecule has 0 aliphatic rings. The van der Waals surface area contributed by atoms with Crippen LogP contribution in [0.15, 0.2) is 84.4 Å². The number of carbonyl (C=O) groups is 1. The smallest absolute Gasteiger partial charge is 0.232 e. The highest BCUT2D eigenvalue weighted by molar-refractivity contribution is 7.13. The lowest BCUT2D eigenvalue weighted by Crippen LogP contribution is -2.37. The molecule has 174 valence electrons. The van der Waals surface area contributed by atoms with Gasteiger partial charge in [-0.15, -0.1) is 10.2 Å². The average Bonchev–Trinajstić information content (AvgIpc) is 3.33. The standard InChI is InChI=1S/C28H29N3O2S/c1-19(2)33-24-16-14-21(15-17-24)20-10-12-23(13-11-20)25(22-8-6-5-7-9-22)28(3,4)26(32)30-27-31-29-18-34-27/h5-19,25H,1-4H3,(H,30,31,32). The Morgan fingerprint density at radius 2 is 1.47 bits per heavy atom. The van der Waals surface area contributed by atoms with Crippen molar-refractivity contribution in [2.75, 3.05) is 5.32 Å². The summed E-state index contributed by atoms with van der Waals surface area (Å²) in [5.41, 5.74) is 5.27. The predicted molar refractivity (Wildman–Crippen MR) is 138 cm³/mol. The lowest BCUT2D eigenvalue weighted by Gasteiger charge is -2.33. The van der Waals surface area contributed by atoms with Gasteiger partial charge < -0.3 is 10.1 Å². The van der Waals surface area contributed by atoms with Crippen LogP contribution in [0.4, 0.5) is 5.13 Å². The Balaban J connectivity index is 1.64. The van der Waals surface area contributed by atoms with Crippen LogP contribution >= 0.6 is 11.3 Å². The van der Waals surface area contributed by atoms with Gasteiger partial charge in [0.25, 0.3) is 0 Å². The minimum Gasteiger partial charge on any atom is -0.491 e. The second kappa shape index (κ2) is 10.2. The van der Waals surface area contributed by atoms with Crippen LogP contribution in [0, 0.1) is 5.41 Å². The molecule has 0 saturated carbocycles. The maximum atomic E-state index is 13.3. The molecule has 0 aliphatic carbocycles. The number of nitrogens with zero attached hydrogens (tertiary/aromatic N) is 2. The molecule has 0 bridgehead atoms. The molecule has 4 rings (SSSR count). The van der Waals surface area contributed by atoms with Gasteiger partial charge in [-0.2, -0.15) is 0 Å². The van der Waals surface area contributed by atoms with Gasteiger partial charge in [-0.1, -0.05) is 91.9 Å². The number of hydrogen-bond donors (Lipinski definition) is 1. The molecular formula is C28H29N3O2S. The molecule has 1 aromatic heterocycles. The van der Waals surface area contributed by atoms with Gasteiger partial charge in [0, 0.05) is 5.92 Å². The summed E-state index contributed by atoms with van der Waals surface area (Å²) in [5.74, 6) is 0.628. The van der Waals surface area contributed by atoms with E-state index < -0.39 is 5.41 Å². The van der Waals surface area contributed by atoms with Crippen LogP contribution < -0.4 is 10.1 Å². The molecule has 6 heteroatoms. The zero-order valence-electron chi connectivity index (χ0n) is 19.9. The number of anilines is 1. The number of ether oxygens (including phenoxy) is 1. The molecular weight excluding hydrogens is 442 g/mol. The summed E-state index contributed by atoms with van der Waals surface area (Å²) < 4.78 is 5.76. The van der Waals surface area contributed by atoms with Crippen LogP contribution in [0.5, 0.6) is 5.75 Å². The highest BCUT2D eigenvalue weighted by Gasteiger charge is 2.39. The van der Waals surface area contributed by atoms with E-state index in [-0.39, 0.29) is 17.9 Å². The van der Waals surface area contributed by atoms with Crippen molar-refractivity contribution in [1.29, 1.82) is 0 Å². The molecule has 4 aromatic rings. The summed E-state index contributed by atoms with van der Waals surface area (Å²) >= 11 is 1.31. The van der Waals surface area contributed by atoms with Gasteiger partial charge in [0.2, 0.25) is 11.0 Å². The minimum atomic E-state index is -0.732. The molecule has 1 heterocycles. The Labute approximate surface area is 204 Å². The Hall–Kier alpha value is -3.51. The first-order chi connectivity index (χ1) is 16.3. The molecule has 1 amide bonds. The number of amides is 1. The fourth-order valence-corrected chi connectivity index (χ4v) is 4.59. The van der Waals surface area contributed by atoms with Gasteiger partial charge in [0.1, 0.15) is 11.3 Å². The molecule has 0 fully saturated rings. The van der Waals surface area contributed by atoms with E-state index in [4.69, 9.17) is 4.74 Å². The third-order valence-corrected chi connectivity index (χ3v) is 6.43. The van der Waals surface area contributed by atoms with E-state index in [9.17, 15) is 4.79 Å². The van der Waals surface area contributed by atoms with E-state index in [1.165, 1.54) is 11.3 Å². The summed E-state index contributed by atoms with van der Waals surface area (Å²) in [5, 5.41) is 11.2. The van der Waals surface area contributed by atoms with E-state index in [1.807, 2.05) is 58.0 Å². The van der Waals surface area contributed by atoms with E-state index in [1.54, 1.807) is 5.51 Å². The highest BCUT2D eigenvalue weighted by atomic mass is 32.1. The largest absolute Gasteiger partial charge is 0.491 e. The monoisotopic (exact) mass is 471 g/mol. The van der Waals surface area contributed by atoms with Crippen molar-refractivity contribution in [3.63, 3.8) is 0 Å². The highest BCUT2D eigenvalue weighted by Crippen LogP contribution is 2.42. The van der Waals surface area contributed by atoms with Crippen molar-refractivity contribution < 1.29 is 9.53 Å². The second-order valence-electron chi connectivity index (χ2n) is 9.08. The van der Waals surface area contributed by atoms with Crippen molar-refractivity contribution in [2.24, 2.45) is 5.41 Å². The zero-order chi connectivity index (χ0) is 24.1. The quantitative estimate of drug-likeness (QED) is 0.307. The number of benzene rings is 3. The Bertz CT molecular complexity index is 1200. The summed E-state index contributed by atoms with van der Waals surface area (Å²) in [6.07, 6.45) is 0.146. The third kappa shape index (κ3) is 5.34. The molecule has 1 atom stereocenters. The lowest BCUT2D eigenvalue weighted by atomic mass is 9.70. The normalized spacial score (nSPS) is 12.4.